The van der Waals surface area contributed by atoms with E-state index in [1.165, 1.54) is 16.7 Å². The molecular formula is C22H25FN4O3. The van der Waals surface area contributed by atoms with Crippen LogP contribution in [0.4, 0.5) is 10.1 Å². The Labute approximate surface area is 173 Å². The number of rotatable bonds is 5. The molecule has 0 spiro atoms. The third-order valence-electron chi connectivity index (χ3n) is 4.80. The summed E-state index contributed by atoms with van der Waals surface area (Å²) in [6.45, 7) is 9.78. The number of anilines is 1. The van der Waals surface area contributed by atoms with Crippen LogP contribution in [0, 0.1) is 18.7 Å². The average Bonchev–Trinajstić information content (AvgIpc) is 2.66. The molecule has 0 bridgehead atoms. The van der Waals surface area contributed by atoms with Gasteiger partial charge in [0.1, 0.15) is 5.82 Å². The highest BCUT2D eigenvalue weighted by molar-refractivity contribution is 6.12. The van der Waals surface area contributed by atoms with Crippen molar-refractivity contribution in [3.8, 4) is 0 Å². The van der Waals surface area contributed by atoms with Crippen LogP contribution in [-0.2, 0) is 6.54 Å². The van der Waals surface area contributed by atoms with E-state index in [2.05, 4.69) is 15.3 Å². The van der Waals surface area contributed by atoms with Crippen LogP contribution in [0.3, 0.4) is 0 Å². The predicted molar refractivity (Wildman–Crippen MR) is 115 cm³/mol. The molecule has 0 aliphatic carbocycles. The van der Waals surface area contributed by atoms with E-state index in [1.54, 1.807) is 19.1 Å². The van der Waals surface area contributed by atoms with Gasteiger partial charge in [-0.2, -0.15) is 0 Å². The van der Waals surface area contributed by atoms with Crippen LogP contribution in [0.15, 0.2) is 33.9 Å². The van der Waals surface area contributed by atoms with Gasteiger partial charge in [-0.1, -0.05) is 33.8 Å². The Morgan fingerprint density at radius 1 is 1.20 bits per heavy atom. The number of fused-ring (bicyclic) bond motifs is 1. The largest absolute Gasteiger partial charge is 0.330 e. The first-order valence-electron chi connectivity index (χ1n) is 9.83. The van der Waals surface area contributed by atoms with Gasteiger partial charge in [0.2, 0.25) is 0 Å². The molecule has 0 radical (unpaired) electrons. The summed E-state index contributed by atoms with van der Waals surface area (Å²) in [6.07, 6.45) is 0. The number of aryl methyl sites for hydroxylation is 1. The number of hydrogen-bond acceptors (Lipinski definition) is 4. The molecule has 0 aliphatic rings. The van der Waals surface area contributed by atoms with Crippen molar-refractivity contribution in [1.29, 1.82) is 0 Å². The van der Waals surface area contributed by atoms with Gasteiger partial charge >= 0.3 is 5.69 Å². The second kappa shape index (κ2) is 8.22. The number of nitrogens with one attached hydrogen (secondary N) is 2. The topological polar surface area (TPSA) is 96.8 Å². The van der Waals surface area contributed by atoms with Crippen LogP contribution in [0.1, 0.15) is 55.2 Å². The maximum atomic E-state index is 13.7. The minimum Gasteiger partial charge on any atom is -0.322 e. The minimum atomic E-state index is -0.682. The van der Waals surface area contributed by atoms with Gasteiger partial charge in [-0.15, -0.1) is 0 Å². The van der Waals surface area contributed by atoms with E-state index in [1.807, 2.05) is 27.7 Å². The van der Waals surface area contributed by atoms with Crippen molar-refractivity contribution in [2.75, 3.05) is 5.32 Å². The van der Waals surface area contributed by atoms with E-state index in [0.29, 0.717) is 23.5 Å². The summed E-state index contributed by atoms with van der Waals surface area (Å²) >= 11 is 0. The van der Waals surface area contributed by atoms with Gasteiger partial charge in [-0.3, -0.25) is 19.1 Å². The molecule has 0 saturated heterocycles. The smallest absolute Gasteiger partial charge is 0.322 e. The molecular weight excluding hydrogens is 387 g/mol. The number of carbonyl (C=O) groups is 1. The van der Waals surface area contributed by atoms with Crippen molar-refractivity contribution < 1.29 is 9.18 Å². The summed E-state index contributed by atoms with van der Waals surface area (Å²) in [7, 11) is 0. The number of amides is 1. The SMILES string of the molecule is Cc1ccc(F)cc1NC(=O)c1cc(C(C)C)nc2c1c(=O)[nH]c(=O)n2CC(C)C. The molecule has 2 aromatic heterocycles. The van der Waals surface area contributed by atoms with Gasteiger partial charge in [0.05, 0.1) is 10.9 Å². The van der Waals surface area contributed by atoms with Crippen LogP contribution in [0.25, 0.3) is 11.0 Å². The van der Waals surface area contributed by atoms with E-state index in [4.69, 9.17) is 0 Å². The first kappa shape index (κ1) is 21.4. The first-order valence-corrected chi connectivity index (χ1v) is 9.83. The third kappa shape index (κ3) is 4.17. The molecule has 0 fully saturated rings. The van der Waals surface area contributed by atoms with Crippen molar-refractivity contribution in [1.82, 2.24) is 14.5 Å². The lowest BCUT2D eigenvalue weighted by Gasteiger charge is -2.16. The summed E-state index contributed by atoms with van der Waals surface area (Å²) in [5.41, 5.74) is 0.573. The summed E-state index contributed by atoms with van der Waals surface area (Å²) in [5, 5.41) is 2.71. The third-order valence-corrected chi connectivity index (χ3v) is 4.80. The molecule has 30 heavy (non-hydrogen) atoms. The zero-order valence-corrected chi connectivity index (χ0v) is 17.7. The molecule has 7 nitrogen and oxygen atoms in total. The maximum absolute atomic E-state index is 13.7. The predicted octanol–water partition coefficient (Wildman–Crippen LogP) is 3.56. The van der Waals surface area contributed by atoms with Gasteiger partial charge < -0.3 is 5.32 Å². The molecule has 0 atom stereocenters. The number of nitrogens with zero attached hydrogens (tertiary/aromatic N) is 2. The molecule has 158 valence electrons. The highest BCUT2D eigenvalue weighted by Crippen LogP contribution is 2.23. The highest BCUT2D eigenvalue weighted by atomic mass is 19.1. The molecule has 2 N–H and O–H groups in total. The van der Waals surface area contributed by atoms with Crippen LogP contribution >= 0.6 is 0 Å². The molecule has 2 heterocycles. The molecule has 0 aliphatic heterocycles. The van der Waals surface area contributed by atoms with Gasteiger partial charge in [0, 0.05) is 17.9 Å². The summed E-state index contributed by atoms with van der Waals surface area (Å²) < 4.78 is 15.0. The molecule has 3 rings (SSSR count). The average molecular weight is 412 g/mol. The number of pyridine rings is 1. The fraction of sp³-hybridized carbons (Fsp3) is 0.364. The lowest BCUT2D eigenvalue weighted by molar-refractivity contribution is 0.102. The Bertz CT molecular complexity index is 1240. The second-order valence-electron chi connectivity index (χ2n) is 8.13. The van der Waals surface area contributed by atoms with E-state index in [0.717, 1.165) is 0 Å². The number of benzene rings is 1. The summed E-state index contributed by atoms with van der Waals surface area (Å²) in [4.78, 5) is 45.1. The quantitative estimate of drug-likeness (QED) is 0.670. The maximum Gasteiger partial charge on any atom is 0.330 e. The zero-order chi connectivity index (χ0) is 22.2. The van der Waals surface area contributed by atoms with Crippen LogP contribution in [-0.4, -0.2) is 20.4 Å². The molecule has 0 unspecified atom stereocenters. The molecule has 1 aromatic carbocycles. The van der Waals surface area contributed by atoms with E-state index in [9.17, 15) is 18.8 Å². The number of aromatic nitrogens is 3. The van der Waals surface area contributed by atoms with Gasteiger partial charge in [-0.25, -0.2) is 14.2 Å². The normalized spacial score (nSPS) is 11.5. The molecule has 3 aromatic rings. The summed E-state index contributed by atoms with van der Waals surface area (Å²) in [5.74, 6) is -0.979. The van der Waals surface area contributed by atoms with Crippen LogP contribution < -0.4 is 16.6 Å². The Hall–Kier alpha value is -3.29. The lowest BCUT2D eigenvalue weighted by Crippen LogP contribution is -2.33. The minimum absolute atomic E-state index is 0.0335. The van der Waals surface area contributed by atoms with E-state index < -0.39 is 23.0 Å². The van der Waals surface area contributed by atoms with Crippen molar-refractivity contribution in [2.45, 2.75) is 47.1 Å². The number of carbonyl (C=O) groups excluding carboxylic acids is 1. The van der Waals surface area contributed by atoms with Crippen molar-refractivity contribution in [3.05, 3.63) is 67.7 Å². The van der Waals surface area contributed by atoms with Crippen molar-refractivity contribution in [3.63, 3.8) is 0 Å². The lowest BCUT2D eigenvalue weighted by atomic mass is 10.0. The molecule has 0 saturated carbocycles. The molecule has 1 amide bonds. The number of hydrogen-bond donors (Lipinski definition) is 2. The second-order valence-corrected chi connectivity index (χ2v) is 8.13. The first-order chi connectivity index (χ1) is 14.1. The Kier molecular flexibility index (Phi) is 5.87. The fourth-order valence-electron chi connectivity index (χ4n) is 3.22. The molecule has 8 heteroatoms. The standard InChI is InChI=1S/C22H25FN4O3/c1-11(2)10-27-19-18(21(29)26-22(27)30)15(9-16(24-19)12(3)4)20(28)25-17-8-14(23)7-6-13(17)5/h6-9,11-12H,10H2,1-5H3,(H,25,28)(H,26,29,30). The Morgan fingerprint density at radius 2 is 1.90 bits per heavy atom. The van der Waals surface area contributed by atoms with E-state index >= 15 is 0 Å². The monoisotopic (exact) mass is 412 g/mol. The Balaban J connectivity index is 2.27. The van der Waals surface area contributed by atoms with Crippen LogP contribution in [0.5, 0.6) is 0 Å². The number of halogens is 1. The highest BCUT2D eigenvalue weighted by Gasteiger charge is 2.21. The number of H-pyrrole nitrogens is 1. The van der Waals surface area contributed by atoms with E-state index in [-0.39, 0.29) is 28.4 Å². The van der Waals surface area contributed by atoms with Crippen LogP contribution in [0.2, 0.25) is 0 Å². The van der Waals surface area contributed by atoms with Crippen molar-refractivity contribution >= 4 is 22.6 Å². The number of aromatic amines is 1. The van der Waals surface area contributed by atoms with Gasteiger partial charge in [0.15, 0.2) is 5.65 Å². The van der Waals surface area contributed by atoms with Crippen molar-refractivity contribution in [2.24, 2.45) is 5.92 Å². The zero-order valence-electron chi connectivity index (χ0n) is 17.7. The fourth-order valence-corrected chi connectivity index (χ4v) is 3.22. The van der Waals surface area contributed by atoms with Gasteiger partial charge in [0.25, 0.3) is 11.5 Å². The Morgan fingerprint density at radius 3 is 2.53 bits per heavy atom. The summed E-state index contributed by atoms with van der Waals surface area (Å²) in [6, 6.07) is 5.64. The van der Waals surface area contributed by atoms with Gasteiger partial charge in [-0.05, 0) is 42.5 Å².